The van der Waals surface area contributed by atoms with Gasteiger partial charge in [-0.2, -0.15) is 0 Å². The molecule has 12 heteroatoms. The number of carbonyl (C=O) groups excluding carboxylic acids is 4. The summed E-state index contributed by atoms with van der Waals surface area (Å²) in [5.74, 6) is -1.75. The van der Waals surface area contributed by atoms with Gasteiger partial charge in [-0.15, -0.1) is 0 Å². The van der Waals surface area contributed by atoms with Crippen LogP contribution >= 0.6 is 0 Å². The Labute approximate surface area is 368 Å². The molecule has 64 heavy (non-hydrogen) atoms. The summed E-state index contributed by atoms with van der Waals surface area (Å²) in [6.45, 7) is 2.27. The first-order chi connectivity index (χ1) is 31.4. The van der Waals surface area contributed by atoms with Crippen LogP contribution in [0.5, 0.6) is 0 Å². The molecule has 12 nitrogen and oxygen atoms in total. The van der Waals surface area contributed by atoms with Crippen LogP contribution in [0.1, 0.15) is 41.4 Å². The highest BCUT2D eigenvalue weighted by molar-refractivity contribution is 6.44. The summed E-state index contributed by atoms with van der Waals surface area (Å²) in [6, 6.07) is 35.3. The monoisotopic (exact) mass is 856 g/mol. The molecule has 2 aliphatic rings. The van der Waals surface area contributed by atoms with E-state index < -0.39 is 23.6 Å². The van der Waals surface area contributed by atoms with Crippen LogP contribution in [0.3, 0.4) is 0 Å². The summed E-state index contributed by atoms with van der Waals surface area (Å²) in [5, 5.41) is 8.07. The lowest BCUT2D eigenvalue weighted by Crippen LogP contribution is -2.42. The van der Waals surface area contributed by atoms with Gasteiger partial charge in [0, 0.05) is 47.2 Å². The molecule has 4 amide bonds. The largest absolute Gasteiger partial charge is 0.382 e. The Morgan fingerprint density at radius 1 is 0.344 bits per heavy atom. The lowest BCUT2D eigenvalue weighted by molar-refractivity contribution is -0.00738. The first-order valence-corrected chi connectivity index (χ1v) is 21.3. The maximum absolute atomic E-state index is 14.3. The molecule has 0 bridgehead atoms. The minimum absolute atomic E-state index is 0.198. The zero-order valence-electron chi connectivity index (χ0n) is 35.4. The first-order valence-electron chi connectivity index (χ1n) is 21.3. The fraction of sp³-hybridized carbons (Fsp3) is 0.231. The molecule has 8 aromatic rings. The molecule has 0 aliphatic carbocycles. The van der Waals surface area contributed by atoms with Gasteiger partial charge in [0.2, 0.25) is 0 Å². The molecule has 8 aromatic carbocycles. The van der Waals surface area contributed by atoms with Gasteiger partial charge in [0.1, 0.15) is 13.5 Å². The Morgan fingerprint density at radius 2 is 0.672 bits per heavy atom. The van der Waals surface area contributed by atoms with Gasteiger partial charge < -0.3 is 28.4 Å². The Hall–Kier alpha value is -6.64. The standard InChI is InChI=1S/C52H44N2O10/c1-59-21-23-61-25-27-63-29-53-49(55)37-17-13-33-41(31-9-5-3-6-10-31)48-36-16-20-40-46-38(50(56)54(52(40)58)30-64-28-26-62-24-22-60-2)18-14-34(44(36)46)42(32-11-7-4-8-12-32)47(48)35-15-19-39(51(53)57)45(37)43(33)35/h3-20H,21-30H2,1-2H3. The van der Waals surface area contributed by atoms with Crippen molar-refractivity contribution in [2.45, 2.75) is 0 Å². The van der Waals surface area contributed by atoms with Crippen molar-refractivity contribution in [2.75, 3.05) is 80.5 Å². The normalized spacial score (nSPS) is 13.9. The fourth-order valence-electron chi connectivity index (χ4n) is 9.44. The Balaban J connectivity index is 1.19. The van der Waals surface area contributed by atoms with E-state index in [4.69, 9.17) is 28.4 Å². The number of methoxy groups -OCH3 is 2. The van der Waals surface area contributed by atoms with E-state index in [1.807, 2.05) is 84.9 Å². The Bertz CT molecular complexity index is 2880. The molecule has 322 valence electrons. The van der Waals surface area contributed by atoms with E-state index in [0.717, 1.165) is 75.1 Å². The molecule has 2 aliphatic heterocycles. The lowest BCUT2D eigenvalue weighted by atomic mass is 9.77. The molecule has 0 N–H and O–H groups in total. The molecule has 0 radical (unpaired) electrons. The van der Waals surface area contributed by atoms with Crippen molar-refractivity contribution in [1.82, 2.24) is 9.80 Å². The van der Waals surface area contributed by atoms with Gasteiger partial charge >= 0.3 is 0 Å². The molecular weight excluding hydrogens is 813 g/mol. The Kier molecular flexibility index (Phi) is 11.3. The highest BCUT2D eigenvalue weighted by Gasteiger charge is 2.37. The summed E-state index contributed by atoms with van der Waals surface area (Å²) in [4.78, 5) is 59.6. The number of ether oxygens (including phenoxy) is 6. The number of fused-ring (bicyclic) bond motifs is 3. The minimum Gasteiger partial charge on any atom is -0.382 e. The molecule has 0 atom stereocenters. The summed E-state index contributed by atoms with van der Waals surface area (Å²) in [5.41, 5.74) is 5.30. The summed E-state index contributed by atoms with van der Waals surface area (Å²) < 4.78 is 32.6. The third-order valence-corrected chi connectivity index (χ3v) is 12.2. The van der Waals surface area contributed by atoms with Crippen LogP contribution in [0.15, 0.2) is 109 Å². The lowest BCUT2D eigenvalue weighted by Gasteiger charge is -2.30. The number of hydrogen-bond donors (Lipinski definition) is 0. The second-order valence-corrected chi connectivity index (χ2v) is 15.7. The van der Waals surface area contributed by atoms with E-state index in [2.05, 4.69) is 24.3 Å². The van der Waals surface area contributed by atoms with Crippen molar-refractivity contribution < 1.29 is 47.6 Å². The molecule has 0 saturated carbocycles. The minimum atomic E-state index is -0.438. The van der Waals surface area contributed by atoms with Gasteiger partial charge in [-0.3, -0.25) is 19.2 Å². The zero-order valence-corrected chi connectivity index (χ0v) is 35.4. The zero-order chi connectivity index (χ0) is 43.9. The number of imide groups is 2. The highest BCUT2D eigenvalue weighted by atomic mass is 16.6. The van der Waals surface area contributed by atoms with Crippen molar-refractivity contribution in [2.24, 2.45) is 0 Å². The third kappa shape index (κ3) is 6.78. The third-order valence-electron chi connectivity index (χ3n) is 12.2. The topological polar surface area (TPSA) is 130 Å². The van der Waals surface area contributed by atoms with Crippen LogP contribution in [-0.2, 0) is 28.4 Å². The number of carbonyl (C=O) groups is 4. The molecule has 0 aromatic heterocycles. The van der Waals surface area contributed by atoms with E-state index in [1.54, 1.807) is 14.2 Å². The van der Waals surface area contributed by atoms with Crippen molar-refractivity contribution in [1.29, 1.82) is 0 Å². The van der Waals surface area contributed by atoms with Crippen LogP contribution in [0.2, 0.25) is 0 Å². The van der Waals surface area contributed by atoms with Gasteiger partial charge in [-0.1, -0.05) is 84.9 Å². The molecule has 0 unspecified atom stereocenters. The second kappa shape index (κ2) is 17.5. The average Bonchev–Trinajstić information content (AvgIpc) is 3.33. The summed E-state index contributed by atoms with van der Waals surface area (Å²) in [7, 11) is 3.20. The SMILES string of the molecule is COCCOCCOCN1C(=O)c2ccc3c(-c4ccccc4)c4c5ccc6c7c(ccc(c(-c8ccccc8)c4c4ccc(c2c34)C1=O)c75)C(=O)N(COCCOCCOC)C6=O. The van der Waals surface area contributed by atoms with Gasteiger partial charge in [-0.25, -0.2) is 9.80 Å². The van der Waals surface area contributed by atoms with Gasteiger partial charge in [0.05, 0.1) is 52.9 Å². The second-order valence-electron chi connectivity index (χ2n) is 15.7. The van der Waals surface area contributed by atoms with Crippen LogP contribution < -0.4 is 0 Å². The number of rotatable bonds is 18. The van der Waals surface area contributed by atoms with E-state index in [9.17, 15) is 19.2 Å². The molecule has 0 fully saturated rings. The van der Waals surface area contributed by atoms with E-state index in [0.29, 0.717) is 72.7 Å². The molecule has 0 spiro atoms. The average molecular weight is 857 g/mol. The molecule has 0 saturated heterocycles. The van der Waals surface area contributed by atoms with Crippen molar-refractivity contribution in [3.8, 4) is 22.3 Å². The smallest absolute Gasteiger partial charge is 0.263 e. The number of hydrogen-bond acceptors (Lipinski definition) is 10. The van der Waals surface area contributed by atoms with E-state index in [-0.39, 0.29) is 26.7 Å². The molecule has 2 heterocycles. The summed E-state index contributed by atoms with van der Waals surface area (Å²) in [6.07, 6.45) is 0. The molecular formula is C52H44N2O10. The van der Waals surface area contributed by atoms with Gasteiger partial charge in [-0.05, 0) is 89.6 Å². The predicted molar refractivity (Wildman–Crippen MR) is 244 cm³/mol. The first kappa shape index (κ1) is 41.4. The number of benzene rings is 8. The number of amides is 4. The van der Waals surface area contributed by atoms with E-state index in [1.165, 1.54) is 0 Å². The fourth-order valence-corrected chi connectivity index (χ4v) is 9.44. The molecule has 10 rings (SSSR count). The quantitative estimate of drug-likeness (QED) is 0.0358. The van der Waals surface area contributed by atoms with Gasteiger partial charge in [0.25, 0.3) is 23.6 Å². The maximum Gasteiger partial charge on any atom is 0.263 e. The van der Waals surface area contributed by atoms with Crippen molar-refractivity contribution in [3.05, 3.63) is 131 Å². The van der Waals surface area contributed by atoms with Crippen LogP contribution in [0.4, 0.5) is 0 Å². The van der Waals surface area contributed by atoms with Gasteiger partial charge in [0.15, 0.2) is 0 Å². The summed E-state index contributed by atoms with van der Waals surface area (Å²) >= 11 is 0. The Morgan fingerprint density at radius 3 is 1.03 bits per heavy atom. The van der Waals surface area contributed by atoms with Crippen LogP contribution in [0, 0.1) is 0 Å². The maximum atomic E-state index is 14.3. The number of nitrogens with zero attached hydrogens (tertiary/aromatic N) is 2. The van der Waals surface area contributed by atoms with E-state index >= 15 is 0 Å². The van der Waals surface area contributed by atoms with Crippen molar-refractivity contribution >= 4 is 77.5 Å². The van der Waals surface area contributed by atoms with Crippen LogP contribution in [0.25, 0.3) is 76.1 Å². The highest BCUT2D eigenvalue weighted by Crippen LogP contribution is 2.53. The predicted octanol–water partition coefficient (Wildman–Crippen LogP) is 8.69. The van der Waals surface area contributed by atoms with Crippen LogP contribution in [-0.4, -0.2) is 114 Å². The van der Waals surface area contributed by atoms with Crippen molar-refractivity contribution in [3.63, 3.8) is 0 Å².